The molecular formula is C29H50N4O3S. The molecule has 2 rings (SSSR count). The largest absolute Gasteiger partial charge is 0.476 e. The Morgan fingerprint density at radius 1 is 0.811 bits per heavy atom. The molecule has 8 heteroatoms. The van der Waals surface area contributed by atoms with E-state index in [4.69, 9.17) is 14.6 Å². The summed E-state index contributed by atoms with van der Waals surface area (Å²) in [5.41, 5.74) is 0.863. The van der Waals surface area contributed by atoms with Crippen LogP contribution in [0.1, 0.15) is 135 Å². The zero-order chi connectivity index (χ0) is 27.1. The lowest BCUT2D eigenvalue weighted by molar-refractivity contribution is 0.0520. The summed E-state index contributed by atoms with van der Waals surface area (Å²) in [6.45, 7) is 11.1. The van der Waals surface area contributed by atoms with E-state index in [9.17, 15) is 4.79 Å². The van der Waals surface area contributed by atoms with Crippen LogP contribution in [0.15, 0.2) is 5.16 Å². The van der Waals surface area contributed by atoms with Gasteiger partial charge in [0.1, 0.15) is 5.52 Å². The van der Waals surface area contributed by atoms with Gasteiger partial charge in [-0.05, 0) is 40.4 Å². The molecule has 0 saturated carbocycles. The van der Waals surface area contributed by atoms with Gasteiger partial charge in [-0.15, -0.1) is 0 Å². The van der Waals surface area contributed by atoms with Crippen molar-refractivity contribution in [2.75, 3.05) is 19.5 Å². The Balaban J connectivity index is 1.83. The summed E-state index contributed by atoms with van der Waals surface area (Å²) >= 11 is 1.39. The predicted octanol–water partition coefficient (Wildman–Crippen LogP) is 8.34. The number of esters is 1. The maximum atomic E-state index is 12.6. The van der Waals surface area contributed by atoms with E-state index in [0.717, 1.165) is 12.8 Å². The van der Waals surface area contributed by atoms with Gasteiger partial charge in [0.05, 0.1) is 18.8 Å². The SMILES string of the molecule is CCCCCCCCCCCCCCCCOc1c2nc(SC)nc(C(=O)OCC)c2nn1C(C)(C)C. The highest BCUT2D eigenvalue weighted by molar-refractivity contribution is 7.98. The number of rotatable bonds is 19. The molecule has 2 aromatic rings. The van der Waals surface area contributed by atoms with Crippen LogP contribution in [0.5, 0.6) is 5.88 Å². The van der Waals surface area contributed by atoms with Crippen LogP contribution in [0, 0.1) is 0 Å². The monoisotopic (exact) mass is 534 g/mol. The van der Waals surface area contributed by atoms with Crippen molar-refractivity contribution in [1.82, 2.24) is 19.7 Å². The molecule has 0 spiro atoms. The Morgan fingerprint density at radius 3 is 1.84 bits per heavy atom. The van der Waals surface area contributed by atoms with Crippen LogP contribution >= 0.6 is 11.8 Å². The maximum Gasteiger partial charge on any atom is 0.359 e. The first kappa shape index (κ1) is 31.4. The molecule has 0 aliphatic heterocycles. The smallest absolute Gasteiger partial charge is 0.359 e. The molecule has 210 valence electrons. The van der Waals surface area contributed by atoms with Gasteiger partial charge < -0.3 is 9.47 Å². The van der Waals surface area contributed by atoms with Gasteiger partial charge in [0, 0.05) is 0 Å². The van der Waals surface area contributed by atoms with Gasteiger partial charge in [-0.25, -0.2) is 19.4 Å². The molecule has 0 saturated heterocycles. The lowest BCUT2D eigenvalue weighted by Crippen LogP contribution is -2.24. The summed E-state index contributed by atoms with van der Waals surface area (Å²) in [7, 11) is 0. The van der Waals surface area contributed by atoms with E-state index in [-0.39, 0.29) is 17.8 Å². The number of carbonyl (C=O) groups excluding carboxylic acids is 1. The van der Waals surface area contributed by atoms with E-state index in [2.05, 4.69) is 37.7 Å². The topological polar surface area (TPSA) is 79.1 Å². The fourth-order valence-electron chi connectivity index (χ4n) is 4.41. The first-order chi connectivity index (χ1) is 17.8. The second-order valence-corrected chi connectivity index (χ2v) is 11.6. The van der Waals surface area contributed by atoms with Crippen molar-refractivity contribution in [2.24, 2.45) is 0 Å². The third kappa shape index (κ3) is 10.5. The standard InChI is InChI=1S/C29H50N4O3S/c1-7-9-10-11-12-13-14-15-16-17-18-19-20-21-22-36-26-24-23(32-33(26)29(3,4)5)25(27(34)35-8-2)31-28(30-24)37-6/h7-22H2,1-6H3. The predicted molar refractivity (Wildman–Crippen MR) is 154 cm³/mol. The van der Waals surface area contributed by atoms with E-state index >= 15 is 0 Å². The number of fused-ring (bicyclic) bond motifs is 1. The van der Waals surface area contributed by atoms with Crippen LogP contribution in [0.4, 0.5) is 0 Å². The van der Waals surface area contributed by atoms with E-state index in [0.29, 0.717) is 28.7 Å². The highest BCUT2D eigenvalue weighted by Gasteiger charge is 2.28. The third-order valence-corrected chi connectivity index (χ3v) is 7.03. The van der Waals surface area contributed by atoms with Crippen molar-refractivity contribution < 1.29 is 14.3 Å². The maximum absolute atomic E-state index is 12.6. The molecular weight excluding hydrogens is 484 g/mol. The molecule has 0 aromatic carbocycles. The van der Waals surface area contributed by atoms with Gasteiger partial charge in [-0.3, -0.25) is 0 Å². The van der Waals surface area contributed by atoms with Gasteiger partial charge in [0.2, 0.25) is 5.88 Å². The van der Waals surface area contributed by atoms with Gasteiger partial charge in [-0.2, -0.15) is 5.10 Å². The van der Waals surface area contributed by atoms with E-state index in [1.54, 1.807) is 6.92 Å². The van der Waals surface area contributed by atoms with Crippen molar-refractivity contribution in [2.45, 2.75) is 135 Å². The number of hydrogen-bond donors (Lipinski definition) is 0. The van der Waals surface area contributed by atoms with Gasteiger partial charge in [-0.1, -0.05) is 102 Å². The van der Waals surface area contributed by atoms with E-state index < -0.39 is 5.97 Å². The van der Waals surface area contributed by atoms with Crippen LogP contribution in [-0.4, -0.2) is 45.2 Å². The highest BCUT2D eigenvalue weighted by Crippen LogP contribution is 2.32. The summed E-state index contributed by atoms with van der Waals surface area (Å²) in [5, 5.41) is 5.21. The average molecular weight is 535 g/mol. The number of hydrogen-bond acceptors (Lipinski definition) is 7. The molecule has 0 aliphatic rings. The third-order valence-electron chi connectivity index (χ3n) is 6.48. The Labute approximate surface area is 228 Å². The summed E-state index contributed by atoms with van der Waals surface area (Å²) < 4.78 is 13.3. The second kappa shape index (κ2) is 16.9. The molecule has 0 bridgehead atoms. The minimum atomic E-state index is -0.484. The van der Waals surface area contributed by atoms with E-state index in [1.165, 1.54) is 88.8 Å². The quantitative estimate of drug-likeness (QED) is 0.0775. The summed E-state index contributed by atoms with van der Waals surface area (Å²) in [4.78, 5) is 21.6. The molecule has 0 aliphatic carbocycles. The molecule has 37 heavy (non-hydrogen) atoms. The lowest BCUT2D eigenvalue weighted by Gasteiger charge is -2.21. The number of nitrogens with zero attached hydrogens (tertiary/aromatic N) is 4. The Bertz CT molecular complexity index is 939. The molecule has 2 aromatic heterocycles. The Morgan fingerprint density at radius 2 is 1.35 bits per heavy atom. The first-order valence-corrected chi connectivity index (χ1v) is 15.7. The molecule has 0 unspecified atom stereocenters. The minimum Gasteiger partial charge on any atom is -0.476 e. The number of carbonyl (C=O) groups is 1. The van der Waals surface area contributed by atoms with Crippen LogP contribution in [0.25, 0.3) is 11.0 Å². The second-order valence-electron chi connectivity index (χ2n) is 10.8. The van der Waals surface area contributed by atoms with Crippen molar-refractivity contribution in [3.63, 3.8) is 0 Å². The van der Waals surface area contributed by atoms with Crippen LogP contribution in [0.3, 0.4) is 0 Å². The van der Waals surface area contributed by atoms with Crippen molar-refractivity contribution in [3.8, 4) is 5.88 Å². The van der Waals surface area contributed by atoms with Gasteiger partial charge in [0.25, 0.3) is 0 Å². The first-order valence-electron chi connectivity index (χ1n) is 14.5. The summed E-state index contributed by atoms with van der Waals surface area (Å²) in [6.07, 6.45) is 20.4. The molecule has 0 N–H and O–H groups in total. The van der Waals surface area contributed by atoms with Gasteiger partial charge >= 0.3 is 5.97 Å². The number of unbranched alkanes of at least 4 members (excludes halogenated alkanes) is 13. The minimum absolute atomic E-state index is 0.195. The number of thioether (sulfide) groups is 1. The summed E-state index contributed by atoms with van der Waals surface area (Å²) in [6, 6.07) is 0. The van der Waals surface area contributed by atoms with Crippen molar-refractivity contribution in [3.05, 3.63) is 5.69 Å². The zero-order valence-corrected chi connectivity index (χ0v) is 25.1. The zero-order valence-electron chi connectivity index (χ0n) is 24.2. The molecule has 2 heterocycles. The van der Waals surface area contributed by atoms with Gasteiger partial charge in [0.15, 0.2) is 16.4 Å². The van der Waals surface area contributed by atoms with E-state index in [1.807, 2.05) is 10.9 Å². The highest BCUT2D eigenvalue weighted by atomic mass is 32.2. The number of aromatic nitrogens is 4. The fourth-order valence-corrected chi connectivity index (χ4v) is 4.77. The Hall–Kier alpha value is -1.83. The molecule has 7 nitrogen and oxygen atoms in total. The molecule has 0 atom stereocenters. The molecule has 0 radical (unpaired) electrons. The van der Waals surface area contributed by atoms with Crippen LogP contribution < -0.4 is 4.74 Å². The average Bonchev–Trinajstić information content (AvgIpc) is 3.25. The lowest BCUT2D eigenvalue weighted by atomic mass is 10.0. The van der Waals surface area contributed by atoms with Crippen molar-refractivity contribution in [1.29, 1.82) is 0 Å². The van der Waals surface area contributed by atoms with Crippen molar-refractivity contribution >= 4 is 28.8 Å². The van der Waals surface area contributed by atoms with Crippen LogP contribution in [0.2, 0.25) is 0 Å². The molecule has 0 amide bonds. The fraction of sp³-hybridized carbons (Fsp3) is 0.793. The molecule has 0 fully saturated rings. The van der Waals surface area contributed by atoms with Crippen LogP contribution in [-0.2, 0) is 10.3 Å². The number of ether oxygens (including phenoxy) is 2. The Kier molecular flexibility index (Phi) is 14.3. The normalized spacial score (nSPS) is 11.8. The summed E-state index contributed by atoms with van der Waals surface area (Å²) in [5.74, 6) is 0.114.